The van der Waals surface area contributed by atoms with E-state index in [4.69, 9.17) is 0 Å². The van der Waals surface area contributed by atoms with Gasteiger partial charge in [-0.25, -0.2) is 0 Å². The number of hydrogen-bond donors (Lipinski definition) is 1. The fourth-order valence-corrected chi connectivity index (χ4v) is 2.89. The molecule has 2 unspecified atom stereocenters. The summed E-state index contributed by atoms with van der Waals surface area (Å²) >= 11 is 0. The van der Waals surface area contributed by atoms with Crippen molar-refractivity contribution < 1.29 is 0 Å². The molecule has 0 amide bonds. The molecule has 0 saturated heterocycles. The second kappa shape index (κ2) is 6.20. The van der Waals surface area contributed by atoms with Crippen LogP contribution in [0.5, 0.6) is 0 Å². The Bertz CT molecular complexity index is 345. The van der Waals surface area contributed by atoms with Crippen LogP contribution in [0.2, 0.25) is 0 Å². The van der Waals surface area contributed by atoms with Crippen molar-refractivity contribution in [3.05, 3.63) is 35.4 Å². The molecule has 1 aliphatic rings. The van der Waals surface area contributed by atoms with E-state index in [1.54, 1.807) is 5.56 Å². The van der Waals surface area contributed by atoms with Crippen LogP contribution in [0, 0.1) is 0 Å². The first kappa shape index (κ1) is 12.6. The van der Waals surface area contributed by atoms with E-state index >= 15 is 0 Å². The summed E-state index contributed by atoms with van der Waals surface area (Å²) < 4.78 is 0. The predicted molar refractivity (Wildman–Crippen MR) is 74.5 cm³/mol. The molecular weight excluding hydrogens is 206 g/mol. The highest BCUT2D eigenvalue weighted by molar-refractivity contribution is 5.27. The van der Waals surface area contributed by atoms with Gasteiger partial charge >= 0.3 is 0 Å². The summed E-state index contributed by atoms with van der Waals surface area (Å²) in [5.74, 6) is 0.788. The summed E-state index contributed by atoms with van der Waals surface area (Å²) in [6.07, 6.45) is 6.42. The van der Waals surface area contributed by atoms with E-state index < -0.39 is 0 Å². The summed E-state index contributed by atoms with van der Waals surface area (Å²) in [7, 11) is 0. The fraction of sp³-hybridized carbons (Fsp3) is 0.625. The quantitative estimate of drug-likeness (QED) is 0.811. The Hall–Kier alpha value is -0.820. The van der Waals surface area contributed by atoms with Crippen LogP contribution in [-0.2, 0) is 6.42 Å². The molecule has 1 aromatic carbocycles. The lowest BCUT2D eigenvalue weighted by molar-refractivity contribution is 0.517. The highest BCUT2D eigenvalue weighted by Gasteiger charge is 2.25. The van der Waals surface area contributed by atoms with Crippen molar-refractivity contribution in [1.82, 2.24) is 5.32 Å². The predicted octanol–water partition coefficient (Wildman–Crippen LogP) is 3.88. The molecular formula is C16H25N. The Kier molecular flexibility index (Phi) is 4.61. The summed E-state index contributed by atoms with van der Waals surface area (Å²) in [6, 6.07) is 9.94. The highest BCUT2D eigenvalue weighted by atomic mass is 14.9. The Morgan fingerprint density at radius 3 is 2.88 bits per heavy atom. The van der Waals surface area contributed by atoms with Crippen molar-refractivity contribution in [2.24, 2.45) is 0 Å². The van der Waals surface area contributed by atoms with Gasteiger partial charge in [-0.15, -0.1) is 0 Å². The molecule has 1 saturated carbocycles. The van der Waals surface area contributed by atoms with E-state index in [0.717, 1.165) is 18.4 Å². The van der Waals surface area contributed by atoms with E-state index in [1.807, 2.05) is 0 Å². The van der Waals surface area contributed by atoms with Crippen molar-refractivity contribution in [1.29, 1.82) is 0 Å². The average molecular weight is 231 g/mol. The van der Waals surface area contributed by atoms with Gasteiger partial charge in [0.1, 0.15) is 0 Å². The molecule has 2 atom stereocenters. The zero-order valence-corrected chi connectivity index (χ0v) is 11.2. The Labute approximate surface area is 106 Å². The van der Waals surface area contributed by atoms with Crippen LogP contribution >= 0.6 is 0 Å². The Balaban J connectivity index is 1.94. The molecule has 0 bridgehead atoms. The highest BCUT2D eigenvalue weighted by Crippen LogP contribution is 2.34. The third-order valence-electron chi connectivity index (χ3n) is 3.95. The molecule has 0 aromatic heterocycles. The van der Waals surface area contributed by atoms with E-state index in [-0.39, 0.29) is 0 Å². The number of rotatable bonds is 5. The van der Waals surface area contributed by atoms with Gasteiger partial charge in [0.25, 0.3) is 0 Å². The molecule has 1 N–H and O–H groups in total. The van der Waals surface area contributed by atoms with E-state index in [9.17, 15) is 0 Å². The van der Waals surface area contributed by atoms with Gasteiger partial charge in [0, 0.05) is 6.04 Å². The van der Waals surface area contributed by atoms with Crippen molar-refractivity contribution >= 4 is 0 Å². The van der Waals surface area contributed by atoms with E-state index in [0.29, 0.717) is 0 Å². The topological polar surface area (TPSA) is 12.0 Å². The standard InChI is InChI=1S/C16H25N/c1-3-10-17-16-9-8-15(12-16)14-7-5-6-13(4-2)11-14/h5-7,11,15-17H,3-4,8-10,12H2,1-2H3. The van der Waals surface area contributed by atoms with Gasteiger partial charge in [-0.05, 0) is 55.7 Å². The largest absolute Gasteiger partial charge is 0.314 e. The van der Waals surface area contributed by atoms with Crippen LogP contribution < -0.4 is 5.32 Å². The second-order valence-corrected chi connectivity index (χ2v) is 5.26. The van der Waals surface area contributed by atoms with Crippen LogP contribution in [-0.4, -0.2) is 12.6 Å². The van der Waals surface area contributed by atoms with Gasteiger partial charge in [-0.1, -0.05) is 38.1 Å². The maximum atomic E-state index is 3.66. The van der Waals surface area contributed by atoms with Gasteiger partial charge in [0.2, 0.25) is 0 Å². The maximum absolute atomic E-state index is 3.66. The molecule has 1 fully saturated rings. The van der Waals surface area contributed by atoms with Crippen molar-refractivity contribution in [2.75, 3.05) is 6.54 Å². The van der Waals surface area contributed by atoms with Crippen LogP contribution in [0.1, 0.15) is 56.6 Å². The molecule has 94 valence electrons. The first-order chi connectivity index (χ1) is 8.33. The molecule has 1 heteroatoms. The number of nitrogens with one attached hydrogen (secondary N) is 1. The molecule has 0 aliphatic heterocycles. The maximum Gasteiger partial charge on any atom is 0.00730 e. The minimum absolute atomic E-state index is 0.755. The van der Waals surface area contributed by atoms with Crippen LogP contribution in [0.15, 0.2) is 24.3 Å². The molecule has 0 spiro atoms. The zero-order valence-electron chi connectivity index (χ0n) is 11.2. The molecule has 1 aliphatic carbocycles. The number of benzene rings is 1. The minimum atomic E-state index is 0.755. The number of hydrogen-bond acceptors (Lipinski definition) is 1. The third kappa shape index (κ3) is 3.32. The smallest absolute Gasteiger partial charge is 0.00730 e. The lowest BCUT2D eigenvalue weighted by Crippen LogP contribution is -2.26. The van der Waals surface area contributed by atoms with Crippen molar-refractivity contribution in [2.45, 2.75) is 57.9 Å². The van der Waals surface area contributed by atoms with Gasteiger partial charge in [-0.3, -0.25) is 0 Å². The summed E-state index contributed by atoms with van der Waals surface area (Å²) in [5.41, 5.74) is 3.04. The van der Waals surface area contributed by atoms with E-state index in [1.165, 1.54) is 37.8 Å². The molecule has 1 aromatic rings. The molecule has 0 radical (unpaired) electrons. The zero-order chi connectivity index (χ0) is 12.1. The van der Waals surface area contributed by atoms with Crippen LogP contribution in [0.4, 0.5) is 0 Å². The summed E-state index contributed by atoms with van der Waals surface area (Å²) in [5, 5.41) is 3.66. The Morgan fingerprint density at radius 2 is 2.12 bits per heavy atom. The molecule has 0 heterocycles. The van der Waals surface area contributed by atoms with Crippen LogP contribution in [0.25, 0.3) is 0 Å². The molecule has 2 rings (SSSR count). The molecule has 17 heavy (non-hydrogen) atoms. The third-order valence-corrected chi connectivity index (χ3v) is 3.95. The SMILES string of the molecule is CCCNC1CCC(c2cccc(CC)c2)C1. The molecule has 1 nitrogen and oxygen atoms in total. The lowest BCUT2D eigenvalue weighted by atomic mass is 9.95. The first-order valence-corrected chi connectivity index (χ1v) is 7.15. The Morgan fingerprint density at radius 1 is 1.24 bits per heavy atom. The van der Waals surface area contributed by atoms with Gasteiger partial charge in [0.05, 0.1) is 0 Å². The fourth-order valence-electron chi connectivity index (χ4n) is 2.89. The minimum Gasteiger partial charge on any atom is -0.314 e. The second-order valence-electron chi connectivity index (χ2n) is 5.26. The monoisotopic (exact) mass is 231 g/mol. The average Bonchev–Trinajstić information content (AvgIpc) is 2.85. The first-order valence-electron chi connectivity index (χ1n) is 7.15. The van der Waals surface area contributed by atoms with Gasteiger partial charge in [-0.2, -0.15) is 0 Å². The van der Waals surface area contributed by atoms with Crippen LogP contribution in [0.3, 0.4) is 0 Å². The van der Waals surface area contributed by atoms with Gasteiger partial charge in [0.15, 0.2) is 0 Å². The van der Waals surface area contributed by atoms with Crippen molar-refractivity contribution in [3.63, 3.8) is 0 Å². The normalized spacial score (nSPS) is 24.1. The summed E-state index contributed by atoms with van der Waals surface area (Å²) in [6.45, 7) is 5.65. The van der Waals surface area contributed by atoms with Gasteiger partial charge < -0.3 is 5.32 Å². The summed E-state index contributed by atoms with van der Waals surface area (Å²) in [4.78, 5) is 0. The number of aryl methyl sites for hydroxylation is 1. The lowest BCUT2D eigenvalue weighted by Gasteiger charge is -2.13. The van der Waals surface area contributed by atoms with E-state index in [2.05, 4.69) is 43.4 Å². The van der Waals surface area contributed by atoms with Crippen molar-refractivity contribution in [3.8, 4) is 0 Å².